The first-order valence-corrected chi connectivity index (χ1v) is 7.21. The summed E-state index contributed by atoms with van der Waals surface area (Å²) < 4.78 is 40.0. The van der Waals surface area contributed by atoms with Crippen molar-refractivity contribution in [1.29, 1.82) is 0 Å². The summed E-state index contributed by atoms with van der Waals surface area (Å²) in [5.74, 6) is 3.90. The van der Waals surface area contributed by atoms with E-state index in [4.69, 9.17) is 5.11 Å². The summed E-state index contributed by atoms with van der Waals surface area (Å²) in [5, 5.41) is 15.7. The number of halogens is 1. The lowest BCUT2D eigenvalue weighted by molar-refractivity contribution is 0.350. The summed E-state index contributed by atoms with van der Waals surface area (Å²) in [7, 11) is -3.96. The highest BCUT2D eigenvalue weighted by molar-refractivity contribution is 7.92. The van der Waals surface area contributed by atoms with E-state index in [1.165, 1.54) is 30.5 Å². The van der Waals surface area contributed by atoms with Crippen molar-refractivity contribution in [2.75, 3.05) is 11.3 Å². The number of hydrogen-bond acceptors (Lipinski definition) is 5. The van der Waals surface area contributed by atoms with E-state index in [1.54, 1.807) is 0 Å². The molecule has 1 heterocycles. The molecular formula is C13H10FN3O3S. The van der Waals surface area contributed by atoms with Crippen LogP contribution in [0.25, 0.3) is 0 Å². The Morgan fingerprint density at radius 1 is 1.33 bits per heavy atom. The van der Waals surface area contributed by atoms with E-state index in [-0.39, 0.29) is 16.3 Å². The van der Waals surface area contributed by atoms with Crippen LogP contribution in [-0.4, -0.2) is 30.3 Å². The van der Waals surface area contributed by atoms with E-state index in [0.29, 0.717) is 0 Å². The van der Waals surface area contributed by atoms with Gasteiger partial charge in [-0.05, 0) is 30.3 Å². The zero-order chi connectivity index (χ0) is 15.3. The van der Waals surface area contributed by atoms with Crippen molar-refractivity contribution in [1.82, 2.24) is 10.2 Å². The molecule has 0 aliphatic carbocycles. The van der Waals surface area contributed by atoms with Crippen LogP contribution in [0.5, 0.6) is 0 Å². The summed E-state index contributed by atoms with van der Waals surface area (Å²) in [6.45, 7) is -0.409. The van der Waals surface area contributed by atoms with E-state index < -0.39 is 22.4 Å². The van der Waals surface area contributed by atoms with Gasteiger partial charge in [0.15, 0.2) is 5.82 Å². The highest BCUT2D eigenvalue weighted by Crippen LogP contribution is 2.17. The Balaban J connectivity index is 2.31. The molecule has 1 aromatic carbocycles. The van der Waals surface area contributed by atoms with Crippen molar-refractivity contribution in [3.8, 4) is 11.8 Å². The first kappa shape index (κ1) is 14.9. The first-order valence-electron chi connectivity index (χ1n) is 5.73. The molecule has 0 aliphatic heterocycles. The minimum Gasteiger partial charge on any atom is -0.384 e. The van der Waals surface area contributed by atoms with Crippen LogP contribution in [0.15, 0.2) is 41.4 Å². The molecule has 0 unspecified atom stereocenters. The van der Waals surface area contributed by atoms with Crippen molar-refractivity contribution >= 4 is 15.8 Å². The third-order valence-electron chi connectivity index (χ3n) is 2.36. The van der Waals surface area contributed by atoms with Crippen LogP contribution in [0.3, 0.4) is 0 Å². The molecule has 1 aromatic heterocycles. The highest BCUT2D eigenvalue weighted by Gasteiger charge is 2.16. The van der Waals surface area contributed by atoms with Gasteiger partial charge in [0.1, 0.15) is 12.4 Å². The monoisotopic (exact) mass is 307 g/mol. The van der Waals surface area contributed by atoms with Crippen LogP contribution in [0.1, 0.15) is 5.56 Å². The minimum absolute atomic E-state index is 0.00232. The second-order valence-electron chi connectivity index (χ2n) is 3.82. The Bertz CT molecular complexity index is 798. The molecule has 0 fully saturated rings. The summed E-state index contributed by atoms with van der Waals surface area (Å²) >= 11 is 0. The molecule has 0 saturated heterocycles. The number of benzene rings is 1. The fraction of sp³-hybridized carbons (Fsp3) is 0.0769. The van der Waals surface area contributed by atoms with Gasteiger partial charge in [-0.15, -0.1) is 5.10 Å². The number of nitrogens with one attached hydrogen (secondary N) is 1. The van der Waals surface area contributed by atoms with Gasteiger partial charge in [0.25, 0.3) is 10.0 Å². The third kappa shape index (κ3) is 3.75. The maximum absolute atomic E-state index is 13.7. The number of rotatable bonds is 3. The molecule has 2 aromatic rings. The highest BCUT2D eigenvalue weighted by atomic mass is 32.2. The fourth-order valence-corrected chi connectivity index (χ4v) is 2.46. The first-order chi connectivity index (χ1) is 10.0. The zero-order valence-electron chi connectivity index (χ0n) is 10.6. The lowest BCUT2D eigenvalue weighted by atomic mass is 10.2. The zero-order valence-corrected chi connectivity index (χ0v) is 11.4. The second-order valence-corrected chi connectivity index (χ2v) is 5.50. The normalized spacial score (nSPS) is 10.6. The number of nitrogens with zero attached hydrogens (tertiary/aromatic N) is 2. The molecule has 0 atom stereocenters. The molecule has 2 rings (SSSR count). The van der Waals surface area contributed by atoms with Gasteiger partial charge in [-0.2, -0.15) is 5.10 Å². The standard InChI is InChI=1S/C13H10FN3O3S/c14-12-9-11(6-5-10(12)3-2-8-18)21(19,20)17-13-4-1-7-15-16-13/h1,4-7,9,18H,8H2,(H,16,17). The number of sulfonamides is 1. The average molecular weight is 307 g/mol. The number of aliphatic hydroxyl groups excluding tert-OH is 1. The van der Waals surface area contributed by atoms with Gasteiger partial charge in [0.2, 0.25) is 0 Å². The molecule has 6 nitrogen and oxygen atoms in total. The maximum Gasteiger partial charge on any atom is 0.263 e. The van der Waals surface area contributed by atoms with Gasteiger partial charge in [0.05, 0.1) is 10.5 Å². The summed E-state index contributed by atoms with van der Waals surface area (Å²) in [6.07, 6.45) is 1.39. The van der Waals surface area contributed by atoms with Crippen molar-refractivity contribution in [3.05, 3.63) is 47.9 Å². The Morgan fingerprint density at radius 3 is 2.76 bits per heavy atom. The van der Waals surface area contributed by atoms with E-state index in [2.05, 4.69) is 26.8 Å². The predicted molar refractivity (Wildman–Crippen MR) is 73.2 cm³/mol. The van der Waals surface area contributed by atoms with Gasteiger partial charge in [-0.25, -0.2) is 12.8 Å². The van der Waals surface area contributed by atoms with Crippen LogP contribution in [0, 0.1) is 17.7 Å². The fourth-order valence-electron chi connectivity index (χ4n) is 1.45. The maximum atomic E-state index is 13.7. The average Bonchev–Trinajstić information content (AvgIpc) is 2.46. The van der Waals surface area contributed by atoms with Crippen LogP contribution >= 0.6 is 0 Å². The van der Waals surface area contributed by atoms with Crippen LogP contribution < -0.4 is 4.72 Å². The SMILES string of the molecule is O=S(=O)(Nc1cccnn1)c1ccc(C#CCO)c(F)c1. The smallest absolute Gasteiger partial charge is 0.263 e. The molecule has 0 saturated carbocycles. The van der Waals surface area contributed by atoms with Crippen LogP contribution in [0.2, 0.25) is 0 Å². The molecular weight excluding hydrogens is 297 g/mol. The van der Waals surface area contributed by atoms with Crippen molar-refractivity contribution in [2.24, 2.45) is 0 Å². The molecule has 8 heteroatoms. The number of hydrogen-bond donors (Lipinski definition) is 2. The number of aliphatic hydroxyl groups is 1. The summed E-state index contributed by atoms with van der Waals surface area (Å²) in [6, 6.07) is 6.22. The third-order valence-corrected chi connectivity index (χ3v) is 3.72. The largest absolute Gasteiger partial charge is 0.384 e. The van der Waals surface area contributed by atoms with Gasteiger partial charge in [0, 0.05) is 6.20 Å². The second kappa shape index (κ2) is 6.30. The molecule has 21 heavy (non-hydrogen) atoms. The number of anilines is 1. The Morgan fingerprint density at radius 2 is 2.14 bits per heavy atom. The van der Waals surface area contributed by atoms with Crippen LogP contribution in [-0.2, 0) is 10.0 Å². The Kier molecular flexibility index (Phi) is 4.47. The molecule has 0 spiro atoms. The van der Waals surface area contributed by atoms with E-state index in [0.717, 1.165) is 6.07 Å². The van der Waals surface area contributed by atoms with Crippen molar-refractivity contribution in [2.45, 2.75) is 4.90 Å². The van der Waals surface area contributed by atoms with Crippen molar-refractivity contribution in [3.63, 3.8) is 0 Å². The Hall–Kier alpha value is -2.50. The Labute approximate surface area is 120 Å². The van der Waals surface area contributed by atoms with E-state index in [1.807, 2.05) is 0 Å². The van der Waals surface area contributed by atoms with Gasteiger partial charge in [-0.3, -0.25) is 4.72 Å². The quantitative estimate of drug-likeness (QED) is 0.817. The molecule has 0 bridgehead atoms. The minimum atomic E-state index is -3.96. The summed E-state index contributed by atoms with van der Waals surface area (Å²) in [4.78, 5) is -0.264. The lowest BCUT2D eigenvalue weighted by Gasteiger charge is -2.07. The predicted octanol–water partition coefficient (Wildman–Crippen LogP) is 0.760. The van der Waals surface area contributed by atoms with E-state index in [9.17, 15) is 12.8 Å². The molecule has 0 aliphatic rings. The molecule has 0 radical (unpaired) electrons. The molecule has 108 valence electrons. The van der Waals surface area contributed by atoms with E-state index >= 15 is 0 Å². The van der Waals surface area contributed by atoms with Crippen LogP contribution in [0.4, 0.5) is 10.2 Å². The number of aromatic nitrogens is 2. The molecule has 0 amide bonds. The molecule has 2 N–H and O–H groups in total. The van der Waals surface area contributed by atoms with Crippen molar-refractivity contribution < 1.29 is 17.9 Å². The van der Waals surface area contributed by atoms with Gasteiger partial charge >= 0.3 is 0 Å². The summed E-state index contributed by atoms with van der Waals surface area (Å²) in [5.41, 5.74) is 0.00232. The topological polar surface area (TPSA) is 92.2 Å². The van der Waals surface area contributed by atoms with Gasteiger partial charge in [-0.1, -0.05) is 11.8 Å². The lowest BCUT2D eigenvalue weighted by Crippen LogP contribution is -2.14. The van der Waals surface area contributed by atoms with Gasteiger partial charge < -0.3 is 5.11 Å².